The summed E-state index contributed by atoms with van der Waals surface area (Å²) in [6, 6.07) is 14.0. The summed E-state index contributed by atoms with van der Waals surface area (Å²) in [5.74, 6) is -0.0190. The molecule has 2 aromatic rings. The van der Waals surface area contributed by atoms with Gasteiger partial charge in [0.1, 0.15) is 5.71 Å². The molecule has 0 unspecified atom stereocenters. The van der Waals surface area contributed by atoms with Crippen LogP contribution in [0.15, 0.2) is 47.5 Å². The van der Waals surface area contributed by atoms with Gasteiger partial charge in [0.25, 0.3) is 5.91 Å². The Labute approximate surface area is 131 Å². The van der Waals surface area contributed by atoms with Crippen LogP contribution < -0.4 is 4.90 Å². The molecule has 2 aromatic carbocycles. The highest BCUT2D eigenvalue weighted by Gasteiger charge is 2.35. The maximum Gasteiger partial charge on any atom is 0.277 e. The van der Waals surface area contributed by atoms with Gasteiger partial charge >= 0.3 is 0 Å². The molecule has 1 aliphatic heterocycles. The molecule has 0 saturated heterocycles. The van der Waals surface area contributed by atoms with Gasteiger partial charge < -0.3 is 4.90 Å². The number of hydrogen-bond acceptors (Lipinski definition) is 2. The number of benzene rings is 2. The summed E-state index contributed by atoms with van der Waals surface area (Å²) < 4.78 is 0. The molecule has 0 N–H and O–H groups in total. The number of aliphatic imine (C=N–C) groups is 1. The summed E-state index contributed by atoms with van der Waals surface area (Å²) >= 11 is 0. The number of hydrogen-bond donors (Lipinski definition) is 0. The van der Waals surface area contributed by atoms with E-state index in [1.54, 1.807) is 0 Å². The van der Waals surface area contributed by atoms with E-state index < -0.39 is 0 Å². The van der Waals surface area contributed by atoms with Gasteiger partial charge in [-0.05, 0) is 57.0 Å². The molecule has 1 amide bonds. The van der Waals surface area contributed by atoms with Gasteiger partial charge in [-0.3, -0.25) is 4.79 Å². The number of para-hydroxylation sites is 1. The second-order valence-corrected chi connectivity index (χ2v) is 6.02. The first-order valence-electron chi connectivity index (χ1n) is 7.58. The second kappa shape index (κ2) is 5.41. The lowest BCUT2D eigenvalue weighted by Crippen LogP contribution is -2.35. The number of nitrogens with zero attached hydrogens (tertiary/aromatic N) is 2. The van der Waals surface area contributed by atoms with Crippen molar-refractivity contribution < 1.29 is 4.79 Å². The Morgan fingerprint density at radius 3 is 2.41 bits per heavy atom. The summed E-state index contributed by atoms with van der Waals surface area (Å²) in [5, 5.41) is 0. The van der Waals surface area contributed by atoms with Crippen LogP contribution in [0.25, 0.3) is 0 Å². The SMILES string of the molecule is Cc1ccc(N=C2C(=O)N(C(C)C)c3ccccc32)cc1C. The third-order valence-corrected chi connectivity index (χ3v) is 4.09. The predicted octanol–water partition coefficient (Wildman–Crippen LogP) is 4.18. The number of carbonyl (C=O) groups is 1. The predicted molar refractivity (Wildman–Crippen MR) is 91.2 cm³/mol. The maximum absolute atomic E-state index is 12.8. The summed E-state index contributed by atoms with van der Waals surface area (Å²) in [6.07, 6.45) is 0. The lowest BCUT2D eigenvalue weighted by atomic mass is 10.1. The molecular weight excluding hydrogens is 272 g/mol. The molecule has 3 nitrogen and oxygen atoms in total. The molecule has 0 aromatic heterocycles. The third-order valence-electron chi connectivity index (χ3n) is 4.09. The van der Waals surface area contributed by atoms with Crippen molar-refractivity contribution >= 4 is 23.0 Å². The van der Waals surface area contributed by atoms with E-state index in [0.717, 1.165) is 16.9 Å². The number of rotatable bonds is 2. The molecule has 22 heavy (non-hydrogen) atoms. The number of aryl methyl sites for hydroxylation is 2. The van der Waals surface area contributed by atoms with E-state index in [9.17, 15) is 4.79 Å². The van der Waals surface area contributed by atoms with E-state index in [4.69, 9.17) is 0 Å². The first-order chi connectivity index (χ1) is 10.5. The Bertz CT molecular complexity index is 775. The highest BCUT2D eigenvalue weighted by molar-refractivity contribution is 6.54. The van der Waals surface area contributed by atoms with Gasteiger partial charge in [-0.2, -0.15) is 0 Å². The van der Waals surface area contributed by atoms with Gasteiger partial charge in [-0.25, -0.2) is 4.99 Å². The van der Waals surface area contributed by atoms with Gasteiger partial charge in [0, 0.05) is 11.6 Å². The average Bonchev–Trinajstić information content (AvgIpc) is 2.76. The molecule has 0 fully saturated rings. The van der Waals surface area contributed by atoms with Crippen LogP contribution in [0.4, 0.5) is 11.4 Å². The van der Waals surface area contributed by atoms with Crippen molar-refractivity contribution in [2.45, 2.75) is 33.7 Å². The highest BCUT2D eigenvalue weighted by Crippen LogP contribution is 2.32. The quantitative estimate of drug-likeness (QED) is 0.817. The molecule has 112 valence electrons. The molecule has 0 bridgehead atoms. The Hall–Kier alpha value is -2.42. The van der Waals surface area contributed by atoms with Gasteiger partial charge in [-0.15, -0.1) is 0 Å². The number of fused-ring (bicyclic) bond motifs is 1. The minimum Gasteiger partial charge on any atom is -0.304 e. The molecule has 1 heterocycles. The molecule has 1 aliphatic rings. The molecule has 0 saturated carbocycles. The average molecular weight is 292 g/mol. The maximum atomic E-state index is 12.8. The summed E-state index contributed by atoms with van der Waals surface area (Å²) in [5.41, 5.74) is 5.64. The van der Waals surface area contributed by atoms with Crippen LogP contribution in [0.3, 0.4) is 0 Å². The smallest absolute Gasteiger partial charge is 0.277 e. The first-order valence-corrected chi connectivity index (χ1v) is 7.58. The van der Waals surface area contributed by atoms with E-state index >= 15 is 0 Å². The minimum atomic E-state index is -0.0190. The Morgan fingerprint density at radius 2 is 1.73 bits per heavy atom. The van der Waals surface area contributed by atoms with Crippen LogP contribution >= 0.6 is 0 Å². The van der Waals surface area contributed by atoms with E-state index in [-0.39, 0.29) is 11.9 Å². The molecule has 0 radical (unpaired) electrons. The van der Waals surface area contributed by atoms with Crippen molar-refractivity contribution in [3.8, 4) is 0 Å². The van der Waals surface area contributed by atoms with E-state index in [0.29, 0.717) is 5.71 Å². The number of amides is 1. The molecule has 0 aliphatic carbocycles. The fraction of sp³-hybridized carbons (Fsp3) is 0.263. The van der Waals surface area contributed by atoms with Crippen LogP contribution in [0.1, 0.15) is 30.5 Å². The van der Waals surface area contributed by atoms with Crippen molar-refractivity contribution in [2.24, 2.45) is 4.99 Å². The Kier molecular flexibility index (Phi) is 3.57. The number of anilines is 1. The fourth-order valence-corrected chi connectivity index (χ4v) is 2.77. The zero-order chi connectivity index (χ0) is 15.9. The van der Waals surface area contributed by atoms with Crippen molar-refractivity contribution in [3.05, 3.63) is 59.2 Å². The van der Waals surface area contributed by atoms with Crippen LogP contribution in [0, 0.1) is 13.8 Å². The monoisotopic (exact) mass is 292 g/mol. The second-order valence-electron chi connectivity index (χ2n) is 6.02. The molecule has 3 heteroatoms. The largest absolute Gasteiger partial charge is 0.304 e. The van der Waals surface area contributed by atoms with Gasteiger partial charge in [-0.1, -0.05) is 24.3 Å². The molecular formula is C19H20N2O. The van der Waals surface area contributed by atoms with Crippen LogP contribution in [0.5, 0.6) is 0 Å². The molecule has 0 atom stereocenters. The van der Waals surface area contributed by atoms with Crippen molar-refractivity contribution in [1.82, 2.24) is 0 Å². The molecule has 3 rings (SSSR count). The van der Waals surface area contributed by atoms with Gasteiger partial charge in [0.15, 0.2) is 0 Å². The lowest BCUT2D eigenvalue weighted by molar-refractivity contribution is -0.112. The van der Waals surface area contributed by atoms with Crippen molar-refractivity contribution in [3.63, 3.8) is 0 Å². The normalized spacial score (nSPS) is 15.8. The molecule has 0 spiro atoms. The zero-order valence-electron chi connectivity index (χ0n) is 13.4. The van der Waals surface area contributed by atoms with Gasteiger partial charge in [0.2, 0.25) is 0 Å². The summed E-state index contributed by atoms with van der Waals surface area (Å²) in [6.45, 7) is 8.17. The summed E-state index contributed by atoms with van der Waals surface area (Å²) in [7, 11) is 0. The fourth-order valence-electron chi connectivity index (χ4n) is 2.77. The van der Waals surface area contributed by atoms with Crippen LogP contribution in [-0.4, -0.2) is 17.7 Å². The number of carbonyl (C=O) groups excluding carboxylic acids is 1. The third kappa shape index (κ3) is 2.33. The van der Waals surface area contributed by atoms with E-state index in [1.807, 2.05) is 61.2 Å². The Morgan fingerprint density at radius 1 is 1.00 bits per heavy atom. The summed E-state index contributed by atoms with van der Waals surface area (Å²) in [4.78, 5) is 19.2. The standard InChI is InChI=1S/C19H20N2O/c1-12(2)21-17-8-6-5-7-16(17)18(19(21)22)20-15-10-9-13(3)14(4)11-15/h5-12H,1-4H3. The zero-order valence-corrected chi connectivity index (χ0v) is 13.4. The van der Waals surface area contributed by atoms with Crippen molar-refractivity contribution in [1.29, 1.82) is 0 Å². The van der Waals surface area contributed by atoms with Crippen molar-refractivity contribution in [2.75, 3.05) is 4.90 Å². The first kappa shape index (κ1) is 14.5. The van der Waals surface area contributed by atoms with E-state index in [2.05, 4.69) is 18.8 Å². The minimum absolute atomic E-state index is 0.0190. The lowest BCUT2D eigenvalue weighted by Gasteiger charge is -2.20. The van der Waals surface area contributed by atoms with Crippen LogP contribution in [0.2, 0.25) is 0 Å². The van der Waals surface area contributed by atoms with E-state index in [1.165, 1.54) is 11.1 Å². The topological polar surface area (TPSA) is 32.7 Å². The highest BCUT2D eigenvalue weighted by atomic mass is 16.2. The Balaban J connectivity index is 2.12. The van der Waals surface area contributed by atoms with Crippen LogP contribution in [-0.2, 0) is 4.79 Å². The van der Waals surface area contributed by atoms with Gasteiger partial charge in [0.05, 0.1) is 11.4 Å².